The molecule has 5 heteroatoms. The average Bonchev–Trinajstić information content (AvgIpc) is 2.90. The molecule has 0 aliphatic carbocycles. The molecule has 24 heavy (non-hydrogen) atoms. The molecule has 0 radical (unpaired) electrons. The van der Waals surface area contributed by atoms with Crippen LogP contribution in [0.5, 0.6) is 11.5 Å². The van der Waals surface area contributed by atoms with Gasteiger partial charge in [0.25, 0.3) is 5.91 Å². The number of furan rings is 1. The molecule has 0 fully saturated rings. The van der Waals surface area contributed by atoms with Crippen molar-refractivity contribution in [2.45, 2.75) is 27.3 Å². The maximum absolute atomic E-state index is 12.4. The second kappa shape index (κ2) is 6.83. The van der Waals surface area contributed by atoms with Gasteiger partial charge < -0.3 is 19.2 Å². The van der Waals surface area contributed by atoms with E-state index in [-0.39, 0.29) is 12.5 Å². The highest BCUT2D eigenvalue weighted by Crippen LogP contribution is 2.35. The number of para-hydroxylation sites is 1. The first-order chi connectivity index (χ1) is 11.6. The third kappa shape index (κ3) is 3.30. The Morgan fingerprint density at radius 2 is 2.17 bits per heavy atom. The van der Waals surface area contributed by atoms with Crippen molar-refractivity contribution < 1.29 is 18.7 Å². The maximum Gasteiger partial charge on any atom is 0.250 e. The molecule has 1 amide bonds. The Morgan fingerprint density at radius 1 is 1.33 bits per heavy atom. The highest BCUT2D eigenvalue weighted by Gasteiger charge is 2.20. The van der Waals surface area contributed by atoms with E-state index in [0.29, 0.717) is 30.2 Å². The fourth-order valence-corrected chi connectivity index (χ4v) is 2.73. The molecule has 0 unspecified atom stereocenters. The summed E-state index contributed by atoms with van der Waals surface area (Å²) in [5, 5.41) is 2.91. The van der Waals surface area contributed by atoms with Gasteiger partial charge in [-0.05, 0) is 39.0 Å². The van der Waals surface area contributed by atoms with Crippen molar-refractivity contribution in [2.75, 3.05) is 13.2 Å². The van der Waals surface area contributed by atoms with Crippen LogP contribution in [0.4, 0.5) is 0 Å². The molecule has 0 saturated carbocycles. The minimum atomic E-state index is -0.138. The van der Waals surface area contributed by atoms with Crippen LogP contribution < -0.4 is 14.8 Å². The van der Waals surface area contributed by atoms with Crippen LogP contribution in [0.3, 0.4) is 0 Å². The average molecular weight is 327 g/mol. The molecule has 3 rings (SSSR count). The lowest BCUT2D eigenvalue weighted by Crippen LogP contribution is -2.28. The SMILES string of the molecule is CCOc1cccc2c1OCC(C(=O)NCc1cc(C)oc1C)=C2. The lowest BCUT2D eigenvalue weighted by atomic mass is 10.1. The van der Waals surface area contributed by atoms with Gasteiger partial charge in [-0.1, -0.05) is 12.1 Å². The topological polar surface area (TPSA) is 60.7 Å². The van der Waals surface area contributed by atoms with E-state index in [9.17, 15) is 4.79 Å². The number of amides is 1. The van der Waals surface area contributed by atoms with Crippen LogP contribution in [0.25, 0.3) is 6.08 Å². The van der Waals surface area contributed by atoms with E-state index in [1.165, 1.54) is 0 Å². The number of benzene rings is 1. The molecule has 0 atom stereocenters. The van der Waals surface area contributed by atoms with Crippen LogP contribution in [0.15, 0.2) is 34.3 Å². The maximum atomic E-state index is 12.4. The van der Waals surface area contributed by atoms with Gasteiger partial charge in [0.1, 0.15) is 18.1 Å². The van der Waals surface area contributed by atoms with E-state index in [1.807, 2.05) is 51.1 Å². The highest BCUT2D eigenvalue weighted by atomic mass is 16.5. The molecular weight excluding hydrogens is 306 g/mol. The van der Waals surface area contributed by atoms with Crippen LogP contribution in [0, 0.1) is 13.8 Å². The van der Waals surface area contributed by atoms with Crippen molar-refractivity contribution in [3.63, 3.8) is 0 Å². The Morgan fingerprint density at radius 3 is 2.88 bits per heavy atom. The Balaban J connectivity index is 1.72. The molecule has 2 aromatic rings. The van der Waals surface area contributed by atoms with Crippen molar-refractivity contribution >= 4 is 12.0 Å². The van der Waals surface area contributed by atoms with Crippen LogP contribution in [-0.2, 0) is 11.3 Å². The number of hydrogen-bond acceptors (Lipinski definition) is 4. The van der Waals surface area contributed by atoms with Gasteiger partial charge in [-0.2, -0.15) is 0 Å². The molecule has 0 spiro atoms. The number of carbonyl (C=O) groups excluding carboxylic acids is 1. The molecule has 1 aliphatic heterocycles. The predicted octanol–water partition coefficient (Wildman–Crippen LogP) is 3.39. The minimum absolute atomic E-state index is 0.138. The van der Waals surface area contributed by atoms with Crippen molar-refractivity contribution in [2.24, 2.45) is 0 Å². The molecule has 126 valence electrons. The Hall–Kier alpha value is -2.69. The Labute approximate surface area is 141 Å². The molecule has 0 bridgehead atoms. The first-order valence-electron chi connectivity index (χ1n) is 8.01. The molecule has 0 saturated heterocycles. The van der Waals surface area contributed by atoms with Crippen LogP contribution in [0.2, 0.25) is 0 Å². The van der Waals surface area contributed by atoms with Crippen molar-refractivity contribution in [1.29, 1.82) is 0 Å². The van der Waals surface area contributed by atoms with Gasteiger partial charge in [0.15, 0.2) is 11.5 Å². The highest BCUT2D eigenvalue weighted by molar-refractivity contribution is 5.99. The fraction of sp³-hybridized carbons (Fsp3) is 0.316. The summed E-state index contributed by atoms with van der Waals surface area (Å²) in [7, 11) is 0. The number of hydrogen-bond donors (Lipinski definition) is 1. The van der Waals surface area contributed by atoms with Gasteiger partial charge in [-0.25, -0.2) is 0 Å². The summed E-state index contributed by atoms with van der Waals surface area (Å²) >= 11 is 0. The van der Waals surface area contributed by atoms with Gasteiger partial charge in [0.2, 0.25) is 0 Å². The molecule has 1 N–H and O–H groups in total. The minimum Gasteiger partial charge on any atom is -0.490 e. The van der Waals surface area contributed by atoms with Crippen LogP contribution in [-0.4, -0.2) is 19.1 Å². The quantitative estimate of drug-likeness (QED) is 0.914. The van der Waals surface area contributed by atoms with Crippen molar-refractivity contribution in [1.82, 2.24) is 5.32 Å². The van der Waals surface area contributed by atoms with E-state index in [0.717, 1.165) is 22.6 Å². The molecular formula is C19H21NO4. The van der Waals surface area contributed by atoms with Gasteiger partial charge in [0.05, 0.1) is 12.2 Å². The standard InChI is InChI=1S/C19H21NO4/c1-4-22-17-7-5-6-14-9-16(11-23-18(14)17)19(21)20-10-15-8-12(2)24-13(15)3/h5-9H,4,10-11H2,1-3H3,(H,20,21). The Kier molecular flexibility index (Phi) is 4.60. The van der Waals surface area contributed by atoms with Crippen molar-refractivity contribution in [3.8, 4) is 11.5 Å². The van der Waals surface area contributed by atoms with Gasteiger partial charge in [-0.3, -0.25) is 4.79 Å². The molecule has 1 aliphatic rings. The van der Waals surface area contributed by atoms with Crippen LogP contribution in [0.1, 0.15) is 29.6 Å². The summed E-state index contributed by atoms with van der Waals surface area (Å²) in [6.07, 6.45) is 1.85. The first-order valence-corrected chi connectivity index (χ1v) is 8.01. The number of carbonyl (C=O) groups is 1. The summed E-state index contributed by atoms with van der Waals surface area (Å²) in [6.45, 7) is 6.94. The lowest BCUT2D eigenvalue weighted by Gasteiger charge is -2.20. The fourth-order valence-electron chi connectivity index (χ4n) is 2.73. The van der Waals surface area contributed by atoms with E-state index < -0.39 is 0 Å². The zero-order chi connectivity index (χ0) is 17.1. The second-order valence-electron chi connectivity index (χ2n) is 5.69. The monoisotopic (exact) mass is 327 g/mol. The summed E-state index contributed by atoms with van der Waals surface area (Å²) in [6, 6.07) is 7.60. The smallest absolute Gasteiger partial charge is 0.250 e. The van der Waals surface area contributed by atoms with E-state index in [1.54, 1.807) is 0 Å². The summed E-state index contributed by atoms with van der Waals surface area (Å²) in [5.74, 6) is 2.93. The number of fused-ring (bicyclic) bond motifs is 1. The van der Waals surface area contributed by atoms with Gasteiger partial charge >= 0.3 is 0 Å². The summed E-state index contributed by atoms with van der Waals surface area (Å²) in [4.78, 5) is 12.4. The van der Waals surface area contributed by atoms with Crippen molar-refractivity contribution in [3.05, 3.63) is 52.5 Å². The summed E-state index contributed by atoms with van der Waals surface area (Å²) < 4.78 is 16.8. The number of aryl methyl sites for hydroxylation is 2. The van der Waals surface area contributed by atoms with E-state index in [2.05, 4.69) is 5.32 Å². The van der Waals surface area contributed by atoms with Gasteiger partial charge in [0, 0.05) is 17.7 Å². The number of ether oxygens (including phenoxy) is 2. The van der Waals surface area contributed by atoms with E-state index >= 15 is 0 Å². The second-order valence-corrected chi connectivity index (χ2v) is 5.69. The molecule has 1 aromatic carbocycles. The number of rotatable bonds is 5. The third-order valence-electron chi connectivity index (χ3n) is 3.89. The third-order valence-corrected chi connectivity index (χ3v) is 3.89. The zero-order valence-corrected chi connectivity index (χ0v) is 14.1. The van der Waals surface area contributed by atoms with Gasteiger partial charge in [-0.15, -0.1) is 0 Å². The largest absolute Gasteiger partial charge is 0.490 e. The zero-order valence-electron chi connectivity index (χ0n) is 14.1. The van der Waals surface area contributed by atoms with Crippen LogP contribution >= 0.6 is 0 Å². The Bertz CT molecular complexity index is 789. The molecule has 1 aromatic heterocycles. The normalized spacial score (nSPS) is 12.9. The predicted molar refractivity (Wildman–Crippen MR) is 91.1 cm³/mol. The molecule has 5 nitrogen and oxygen atoms in total. The first kappa shape index (κ1) is 16.2. The number of nitrogens with one attached hydrogen (secondary N) is 1. The lowest BCUT2D eigenvalue weighted by molar-refractivity contribution is -0.117. The molecule has 2 heterocycles. The van der Waals surface area contributed by atoms with E-state index in [4.69, 9.17) is 13.9 Å². The summed E-state index contributed by atoms with van der Waals surface area (Å²) in [5.41, 5.74) is 2.43.